The molecule has 3 N–H and O–H groups in total. The van der Waals surface area contributed by atoms with Crippen molar-refractivity contribution in [1.29, 1.82) is 0 Å². The Hall–Kier alpha value is -2.93. The molecule has 2 rings (SSSR count). The minimum atomic E-state index is -0.414. The number of likely N-dealkylation sites (N-methyl/N-ethyl adjacent to an activating group) is 1. The van der Waals surface area contributed by atoms with Crippen LogP contribution in [0, 0.1) is 5.82 Å². The van der Waals surface area contributed by atoms with Gasteiger partial charge in [-0.15, -0.1) is 0 Å². The molecule has 1 unspecified atom stereocenters. The molecule has 0 aliphatic rings. The molecule has 1 atom stereocenters. The Morgan fingerprint density at radius 2 is 1.74 bits per heavy atom. The molecule has 0 aromatic heterocycles. The molecule has 3 amide bonds. The molecule has 0 heterocycles. The first-order valence-electron chi connectivity index (χ1n) is 8.70. The standard InChI is InChI=1S/C20H25FN4O2/c1-25(2)18(16-9-6-10-17(21)11-16)13-22-19(26)14-24-20(27)23-12-15-7-4-3-5-8-15/h3-11,18H,12-14H2,1-2H3,(H,22,26)(H2,23,24,27). The molecule has 0 fully saturated rings. The highest BCUT2D eigenvalue weighted by Gasteiger charge is 2.16. The summed E-state index contributed by atoms with van der Waals surface area (Å²) < 4.78 is 13.4. The van der Waals surface area contributed by atoms with Crippen LogP contribution >= 0.6 is 0 Å². The van der Waals surface area contributed by atoms with E-state index in [1.807, 2.05) is 55.4 Å². The molecule has 0 spiro atoms. The van der Waals surface area contributed by atoms with Gasteiger partial charge < -0.3 is 20.9 Å². The van der Waals surface area contributed by atoms with E-state index in [2.05, 4.69) is 16.0 Å². The van der Waals surface area contributed by atoms with Crippen LogP contribution in [0.25, 0.3) is 0 Å². The van der Waals surface area contributed by atoms with E-state index in [0.29, 0.717) is 13.1 Å². The van der Waals surface area contributed by atoms with Gasteiger partial charge in [-0.05, 0) is 37.4 Å². The first-order chi connectivity index (χ1) is 13.0. The molecular weight excluding hydrogens is 347 g/mol. The average molecular weight is 372 g/mol. The molecular formula is C20H25FN4O2. The lowest BCUT2D eigenvalue weighted by Crippen LogP contribution is -2.43. The largest absolute Gasteiger partial charge is 0.353 e. The van der Waals surface area contributed by atoms with Crippen LogP contribution < -0.4 is 16.0 Å². The lowest BCUT2D eigenvalue weighted by atomic mass is 10.1. The van der Waals surface area contributed by atoms with E-state index in [-0.39, 0.29) is 24.3 Å². The zero-order valence-corrected chi connectivity index (χ0v) is 15.5. The Morgan fingerprint density at radius 1 is 1.00 bits per heavy atom. The number of carbonyl (C=O) groups is 2. The van der Waals surface area contributed by atoms with Gasteiger partial charge in [-0.25, -0.2) is 9.18 Å². The lowest BCUT2D eigenvalue weighted by Gasteiger charge is -2.25. The third kappa shape index (κ3) is 7.07. The molecule has 7 heteroatoms. The van der Waals surface area contributed by atoms with Gasteiger partial charge in [-0.1, -0.05) is 42.5 Å². The fraction of sp³-hybridized carbons (Fsp3) is 0.300. The highest BCUT2D eigenvalue weighted by atomic mass is 19.1. The fourth-order valence-corrected chi connectivity index (χ4v) is 2.59. The van der Waals surface area contributed by atoms with E-state index in [1.165, 1.54) is 12.1 Å². The van der Waals surface area contributed by atoms with Crippen molar-refractivity contribution in [3.05, 3.63) is 71.5 Å². The average Bonchev–Trinajstić information content (AvgIpc) is 2.65. The van der Waals surface area contributed by atoms with Crippen LogP contribution in [0.4, 0.5) is 9.18 Å². The molecule has 2 aromatic rings. The van der Waals surface area contributed by atoms with E-state index >= 15 is 0 Å². The van der Waals surface area contributed by atoms with Crippen molar-refractivity contribution in [3.63, 3.8) is 0 Å². The number of rotatable bonds is 8. The normalized spacial score (nSPS) is 11.7. The van der Waals surface area contributed by atoms with E-state index in [0.717, 1.165) is 11.1 Å². The van der Waals surface area contributed by atoms with Gasteiger partial charge in [0.05, 0.1) is 12.6 Å². The molecule has 0 saturated carbocycles. The quantitative estimate of drug-likeness (QED) is 0.664. The molecule has 27 heavy (non-hydrogen) atoms. The van der Waals surface area contributed by atoms with Gasteiger partial charge in [0.2, 0.25) is 5.91 Å². The maximum absolute atomic E-state index is 13.4. The summed E-state index contributed by atoms with van der Waals surface area (Å²) in [4.78, 5) is 25.7. The van der Waals surface area contributed by atoms with Crippen LogP contribution in [-0.4, -0.2) is 44.0 Å². The van der Waals surface area contributed by atoms with Gasteiger partial charge in [0.1, 0.15) is 5.82 Å². The monoisotopic (exact) mass is 372 g/mol. The first kappa shape index (κ1) is 20.4. The molecule has 0 bridgehead atoms. The van der Waals surface area contributed by atoms with E-state index in [1.54, 1.807) is 6.07 Å². The van der Waals surface area contributed by atoms with Crippen molar-refractivity contribution in [1.82, 2.24) is 20.9 Å². The summed E-state index contributed by atoms with van der Waals surface area (Å²) >= 11 is 0. The lowest BCUT2D eigenvalue weighted by molar-refractivity contribution is -0.120. The van der Waals surface area contributed by atoms with Crippen LogP contribution in [0.2, 0.25) is 0 Å². The zero-order chi connectivity index (χ0) is 19.6. The Kier molecular flexibility index (Phi) is 7.76. The number of halogens is 1. The van der Waals surface area contributed by atoms with Crippen LogP contribution in [0.1, 0.15) is 17.2 Å². The topological polar surface area (TPSA) is 73.5 Å². The summed E-state index contributed by atoms with van der Waals surface area (Å²) in [6, 6.07) is 15.2. The van der Waals surface area contributed by atoms with Gasteiger partial charge in [0, 0.05) is 13.1 Å². The van der Waals surface area contributed by atoms with Crippen LogP contribution in [0.3, 0.4) is 0 Å². The number of benzene rings is 2. The fourth-order valence-electron chi connectivity index (χ4n) is 2.59. The number of carbonyl (C=O) groups excluding carboxylic acids is 2. The van der Waals surface area contributed by atoms with Crippen LogP contribution in [0.5, 0.6) is 0 Å². The predicted octanol–water partition coefficient (Wildman–Crippen LogP) is 2.04. The summed E-state index contributed by atoms with van der Waals surface area (Å²) in [5, 5.41) is 7.97. The SMILES string of the molecule is CN(C)C(CNC(=O)CNC(=O)NCc1ccccc1)c1cccc(F)c1. The van der Waals surface area contributed by atoms with Crippen molar-refractivity contribution < 1.29 is 14.0 Å². The molecule has 0 aliphatic carbocycles. The smallest absolute Gasteiger partial charge is 0.315 e. The van der Waals surface area contributed by atoms with Crippen LogP contribution in [-0.2, 0) is 11.3 Å². The van der Waals surface area contributed by atoms with Crippen molar-refractivity contribution in [3.8, 4) is 0 Å². The maximum atomic E-state index is 13.4. The Balaban J connectivity index is 1.74. The van der Waals surface area contributed by atoms with Gasteiger partial charge in [0.15, 0.2) is 0 Å². The second kappa shape index (κ2) is 10.3. The van der Waals surface area contributed by atoms with E-state index in [9.17, 15) is 14.0 Å². The molecule has 6 nitrogen and oxygen atoms in total. The third-order valence-corrected chi connectivity index (χ3v) is 4.05. The summed E-state index contributed by atoms with van der Waals surface area (Å²) in [5.41, 5.74) is 1.75. The molecule has 0 saturated heterocycles. The maximum Gasteiger partial charge on any atom is 0.315 e. The number of urea groups is 1. The highest BCUT2D eigenvalue weighted by molar-refractivity contribution is 5.83. The number of amides is 3. The van der Waals surface area contributed by atoms with E-state index in [4.69, 9.17) is 0 Å². The summed E-state index contributed by atoms with van der Waals surface area (Å²) in [5.74, 6) is -0.629. The van der Waals surface area contributed by atoms with Crippen molar-refractivity contribution in [2.45, 2.75) is 12.6 Å². The number of hydrogen-bond acceptors (Lipinski definition) is 3. The minimum Gasteiger partial charge on any atom is -0.353 e. The molecule has 2 aromatic carbocycles. The summed E-state index contributed by atoms with van der Waals surface area (Å²) in [7, 11) is 3.72. The zero-order valence-electron chi connectivity index (χ0n) is 15.5. The minimum absolute atomic E-state index is 0.135. The second-order valence-corrected chi connectivity index (χ2v) is 6.36. The van der Waals surface area contributed by atoms with E-state index < -0.39 is 6.03 Å². The van der Waals surface area contributed by atoms with Crippen molar-refractivity contribution in [2.24, 2.45) is 0 Å². The number of nitrogens with zero attached hydrogens (tertiary/aromatic N) is 1. The molecule has 0 aliphatic heterocycles. The highest BCUT2D eigenvalue weighted by Crippen LogP contribution is 2.18. The van der Waals surface area contributed by atoms with Gasteiger partial charge >= 0.3 is 6.03 Å². The summed E-state index contributed by atoms with van der Waals surface area (Å²) in [6.07, 6.45) is 0. The molecule has 0 radical (unpaired) electrons. The number of nitrogens with one attached hydrogen (secondary N) is 3. The van der Waals surface area contributed by atoms with Gasteiger partial charge in [-0.2, -0.15) is 0 Å². The number of hydrogen-bond donors (Lipinski definition) is 3. The van der Waals surface area contributed by atoms with Gasteiger partial charge in [0.25, 0.3) is 0 Å². The second-order valence-electron chi connectivity index (χ2n) is 6.36. The Labute approximate surface area is 158 Å². The Bertz CT molecular complexity index is 753. The van der Waals surface area contributed by atoms with Crippen LogP contribution in [0.15, 0.2) is 54.6 Å². The van der Waals surface area contributed by atoms with Gasteiger partial charge in [-0.3, -0.25) is 4.79 Å². The first-order valence-corrected chi connectivity index (χ1v) is 8.70. The van der Waals surface area contributed by atoms with Crippen molar-refractivity contribution in [2.75, 3.05) is 27.2 Å². The predicted molar refractivity (Wildman–Crippen MR) is 103 cm³/mol. The Morgan fingerprint density at radius 3 is 2.41 bits per heavy atom. The summed E-state index contributed by atoms with van der Waals surface area (Å²) in [6.45, 7) is 0.559. The van der Waals surface area contributed by atoms with Crippen molar-refractivity contribution >= 4 is 11.9 Å². The third-order valence-electron chi connectivity index (χ3n) is 4.05. The molecule has 144 valence electrons.